The molecule has 0 radical (unpaired) electrons. The lowest BCUT2D eigenvalue weighted by atomic mass is 9.33. The monoisotopic (exact) mass is 542 g/mol. The summed E-state index contributed by atoms with van der Waals surface area (Å²) in [5, 5.41) is 11.7. The number of fused-ring (bicyclic) bond motifs is 9. The zero-order chi connectivity index (χ0) is 28.4. The second-order valence-corrected chi connectivity index (χ2v) is 16.3. The van der Waals surface area contributed by atoms with E-state index in [4.69, 9.17) is 14.2 Å². The molecule has 5 unspecified atom stereocenters. The van der Waals surface area contributed by atoms with Crippen LogP contribution in [0.25, 0.3) is 0 Å². The van der Waals surface area contributed by atoms with E-state index in [9.17, 15) is 9.90 Å². The van der Waals surface area contributed by atoms with Crippen molar-refractivity contribution in [3.8, 4) is 0 Å². The van der Waals surface area contributed by atoms with Gasteiger partial charge in [0.05, 0.1) is 31.3 Å². The minimum Gasteiger partial charge on any atom is -0.469 e. The molecule has 0 aromatic carbocycles. The highest BCUT2D eigenvalue weighted by atomic mass is 16.7. The molecule has 5 fully saturated rings. The lowest BCUT2D eigenvalue weighted by Crippen LogP contribution is -2.70. The number of ether oxygens (including phenoxy) is 3. The Morgan fingerprint density at radius 3 is 2.38 bits per heavy atom. The molecule has 39 heavy (non-hydrogen) atoms. The van der Waals surface area contributed by atoms with Crippen molar-refractivity contribution in [1.82, 2.24) is 0 Å². The summed E-state index contributed by atoms with van der Waals surface area (Å²) in [5.74, 6) is 1.62. The van der Waals surface area contributed by atoms with Gasteiger partial charge in [0, 0.05) is 5.41 Å². The Morgan fingerprint density at radius 2 is 1.69 bits per heavy atom. The van der Waals surface area contributed by atoms with Crippen molar-refractivity contribution >= 4 is 5.97 Å². The van der Waals surface area contributed by atoms with Gasteiger partial charge in [-0.05, 0) is 111 Å². The van der Waals surface area contributed by atoms with Gasteiger partial charge in [-0.2, -0.15) is 0 Å². The maximum Gasteiger partial charge on any atom is 0.312 e. The van der Waals surface area contributed by atoms with Gasteiger partial charge in [0.15, 0.2) is 5.79 Å². The maximum absolute atomic E-state index is 13.5. The largest absolute Gasteiger partial charge is 0.469 e. The molecule has 0 bridgehead atoms. The predicted octanol–water partition coefficient (Wildman–Crippen LogP) is 6.92. The van der Waals surface area contributed by atoms with Crippen molar-refractivity contribution in [3.05, 3.63) is 11.6 Å². The molecule has 1 N–H and O–H groups in total. The third-order valence-electron chi connectivity index (χ3n) is 14.4. The predicted molar refractivity (Wildman–Crippen MR) is 152 cm³/mol. The first-order valence-electron chi connectivity index (χ1n) is 15.9. The van der Waals surface area contributed by atoms with Gasteiger partial charge in [-0.15, -0.1) is 0 Å². The Balaban J connectivity index is 1.42. The first-order valence-corrected chi connectivity index (χ1v) is 15.9. The standard InChI is InChI=1S/C34H54O5/c1-20-12-15-34(28(36)37-9)17-16-32(7)22(26(34)21(20)2)10-11-25-30(5)18-23(35)27-31(6,19-38-29(3,4)39-27)24(30)13-14-33(25,32)8/h10,20-21,23-27,35H,11-19H2,1-9H3/t20-,21+,23?,24?,25?,26?,27?,30+,31+,32-,33-,34+/m1/s1. The Labute approximate surface area is 236 Å². The van der Waals surface area contributed by atoms with Crippen LogP contribution in [0.3, 0.4) is 0 Å². The summed E-state index contributed by atoms with van der Waals surface area (Å²) in [4.78, 5) is 13.5. The molecule has 0 amide bonds. The molecule has 1 aliphatic heterocycles. The SMILES string of the molecule is COC(=O)[C@]12CC[C@@H](C)[C@H](C)C1C1=CCC3[C@@]4(C)CC(O)C5OC(C)(C)OC[C@@]5(C)C4CC[C@@]3(C)[C@]1(C)CC2. The van der Waals surface area contributed by atoms with Gasteiger partial charge >= 0.3 is 5.97 Å². The third-order valence-corrected chi connectivity index (χ3v) is 14.4. The number of hydrogen-bond acceptors (Lipinski definition) is 5. The molecule has 220 valence electrons. The summed E-state index contributed by atoms with van der Waals surface area (Å²) < 4.78 is 18.3. The molecule has 5 heteroatoms. The molecule has 5 aliphatic carbocycles. The second-order valence-electron chi connectivity index (χ2n) is 16.3. The van der Waals surface area contributed by atoms with Gasteiger partial charge in [-0.25, -0.2) is 0 Å². The van der Waals surface area contributed by atoms with Crippen LogP contribution in [-0.2, 0) is 19.0 Å². The normalized spacial score (nSPS) is 56.1. The summed E-state index contributed by atoms with van der Waals surface area (Å²) in [7, 11) is 1.58. The van der Waals surface area contributed by atoms with Crippen LogP contribution >= 0.6 is 0 Å². The number of allylic oxidation sites excluding steroid dienone is 2. The van der Waals surface area contributed by atoms with Gasteiger partial charge in [-0.3, -0.25) is 4.79 Å². The van der Waals surface area contributed by atoms with Crippen LogP contribution in [0, 0.1) is 56.7 Å². The Bertz CT molecular complexity index is 1070. The second kappa shape index (κ2) is 8.57. The summed E-state index contributed by atoms with van der Waals surface area (Å²) in [5.41, 5.74) is 1.14. The van der Waals surface area contributed by atoms with Crippen LogP contribution in [0.2, 0.25) is 0 Å². The van der Waals surface area contributed by atoms with Crippen molar-refractivity contribution in [2.75, 3.05) is 13.7 Å². The number of aliphatic hydroxyl groups is 1. The fourth-order valence-corrected chi connectivity index (χ4v) is 12.0. The van der Waals surface area contributed by atoms with Crippen molar-refractivity contribution < 1.29 is 24.1 Å². The summed E-state index contributed by atoms with van der Waals surface area (Å²) >= 11 is 0. The fraction of sp³-hybridized carbons (Fsp3) is 0.912. The van der Waals surface area contributed by atoms with Gasteiger partial charge in [0.2, 0.25) is 0 Å². The quantitative estimate of drug-likeness (QED) is 0.288. The van der Waals surface area contributed by atoms with Crippen molar-refractivity contribution in [2.24, 2.45) is 56.7 Å². The van der Waals surface area contributed by atoms with Crippen LogP contribution in [0.4, 0.5) is 0 Å². The van der Waals surface area contributed by atoms with E-state index >= 15 is 0 Å². The van der Waals surface area contributed by atoms with E-state index in [1.807, 2.05) is 13.8 Å². The maximum atomic E-state index is 13.5. The van der Waals surface area contributed by atoms with Crippen molar-refractivity contribution in [3.63, 3.8) is 0 Å². The number of rotatable bonds is 1. The lowest BCUT2D eigenvalue weighted by molar-refractivity contribution is -0.368. The topological polar surface area (TPSA) is 65.0 Å². The number of hydrogen-bond donors (Lipinski definition) is 1. The van der Waals surface area contributed by atoms with Crippen molar-refractivity contribution in [2.45, 2.75) is 125 Å². The van der Waals surface area contributed by atoms with E-state index in [-0.39, 0.29) is 45.1 Å². The van der Waals surface area contributed by atoms with E-state index in [1.165, 1.54) is 6.42 Å². The van der Waals surface area contributed by atoms with Gasteiger partial charge in [0.1, 0.15) is 0 Å². The molecular formula is C34H54O5. The Kier molecular flexibility index (Phi) is 6.20. The van der Waals surface area contributed by atoms with Gasteiger partial charge in [0.25, 0.3) is 0 Å². The molecule has 1 heterocycles. The molecule has 6 rings (SSSR count). The van der Waals surface area contributed by atoms with Gasteiger partial charge in [-0.1, -0.05) is 53.2 Å². The average Bonchev–Trinajstić information content (AvgIpc) is 2.87. The molecule has 0 spiro atoms. The summed E-state index contributed by atoms with van der Waals surface area (Å²) in [6.45, 7) is 19.3. The van der Waals surface area contributed by atoms with E-state index in [1.54, 1.807) is 12.7 Å². The fourth-order valence-electron chi connectivity index (χ4n) is 12.0. The van der Waals surface area contributed by atoms with E-state index in [0.29, 0.717) is 30.3 Å². The number of aliphatic hydroxyl groups excluding tert-OH is 1. The molecule has 4 saturated carbocycles. The van der Waals surface area contributed by atoms with E-state index < -0.39 is 11.9 Å². The number of esters is 1. The summed E-state index contributed by atoms with van der Waals surface area (Å²) in [6.07, 6.45) is 10.1. The van der Waals surface area contributed by atoms with Crippen LogP contribution in [0.15, 0.2) is 11.6 Å². The molecule has 12 atom stereocenters. The minimum absolute atomic E-state index is 0.000727. The zero-order valence-electron chi connectivity index (χ0n) is 26.1. The smallest absolute Gasteiger partial charge is 0.312 e. The molecule has 0 aromatic heterocycles. The third kappa shape index (κ3) is 3.45. The van der Waals surface area contributed by atoms with E-state index in [0.717, 1.165) is 44.9 Å². The zero-order valence-corrected chi connectivity index (χ0v) is 26.1. The van der Waals surface area contributed by atoms with Crippen LogP contribution in [-0.4, -0.2) is 42.8 Å². The highest BCUT2D eigenvalue weighted by molar-refractivity contribution is 5.78. The number of methoxy groups -OCH3 is 1. The highest BCUT2D eigenvalue weighted by Gasteiger charge is 2.72. The van der Waals surface area contributed by atoms with Crippen LogP contribution < -0.4 is 0 Å². The number of carbonyl (C=O) groups excluding carboxylic acids is 1. The molecule has 1 saturated heterocycles. The highest BCUT2D eigenvalue weighted by Crippen LogP contribution is 2.76. The average molecular weight is 543 g/mol. The molecule has 0 aromatic rings. The molecule has 5 nitrogen and oxygen atoms in total. The van der Waals surface area contributed by atoms with Crippen LogP contribution in [0.5, 0.6) is 0 Å². The lowest BCUT2D eigenvalue weighted by Gasteiger charge is -2.72. The van der Waals surface area contributed by atoms with Crippen molar-refractivity contribution in [1.29, 1.82) is 0 Å². The van der Waals surface area contributed by atoms with E-state index in [2.05, 4.69) is 47.6 Å². The summed E-state index contributed by atoms with van der Waals surface area (Å²) in [6, 6.07) is 0. The Hall–Kier alpha value is -0.910. The first-order chi connectivity index (χ1) is 18.1. The van der Waals surface area contributed by atoms with Gasteiger partial charge < -0.3 is 19.3 Å². The minimum atomic E-state index is -0.653. The molecule has 6 aliphatic rings. The van der Waals surface area contributed by atoms with Crippen LogP contribution in [0.1, 0.15) is 107 Å². The Morgan fingerprint density at radius 1 is 0.974 bits per heavy atom. The number of carbonyl (C=O) groups is 1. The molecular weight excluding hydrogens is 488 g/mol. The first kappa shape index (κ1) is 28.2.